The SMILES string of the molecule is COC(=O)C1CCC(OCCn2ccnc2)CC1. The van der Waals surface area contributed by atoms with Crippen LogP contribution in [0.3, 0.4) is 0 Å². The molecule has 0 spiro atoms. The molecule has 18 heavy (non-hydrogen) atoms. The number of hydrogen-bond donors (Lipinski definition) is 0. The predicted octanol–water partition coefficient (Wildman–Crippen LogP) is 1.63. The van der Waals surface area contributed by atoms with Gasteiger partial charge in [-0.3, -0.25) is 4.79 Å². The van der Waals surface area contributed by atoms with Crippen LogP contribution < -0.4 is 0 Å². The maximum atomic E-state index is 11.4. The number of hydrogen-bond acceptors (Lipinski definition) is 4. The van der Waals surface area contributed by atoms with Crippen molar-refractivity contribution in [2.75, 3.05) is 13.7 Å². The molecule has 1 saturated carbocycles. The Morgan fingerprint density at radius 1 is 1.39 bits per heavy atom. The fourth-order valence-corrected chi connectivity index (χ4v) is 2.38. The molecule has 0 aliphatic heterocycles. The Labute approximate surface area is 107 Å². The highest BCUT2D eigenvalue weighted by atomic mass is 16.5. The number of carbonyl (C=O) groups is 1. The summed E-state index contributed by atoms with van der Waals surface area (Å²) in [5.74, 6) is -0.00429. The molecule has 0 radical (unpaired) electrons. The van der Waals surface area contributed by atoms with Gasteiger partial charge in [-0.05, 0) is 25.7 Å². The molecule has 0 atom stereocenters. The smallest absolute Gasteiger partial charge is 0.308 e. The minimum atomic E-state index is -0.0770. The summed E-state index contributed by atoms with van der Waals surface area (Å²) >= 11 is 0. The molecule has 0 bridgehead atoms. The zero-order chi connectivity index (χ0) is 12.8. The molecule has 1 aromatic heterocycles. The van der Waals surface area contributed by atoms with Gasteiger partial charge in [0.05, 0.1) is 32.1 Å². The highest BCUT2D eigenvalue weighted by molar-refractivity contribution is 5.72. The van der Waals surface area contributed by atoms with Crippen molar-refractivity contribution >= 4 is 5.97 Å². The van der Waals surface area contributed by atoms with Crippen molar-refractivity contribution in [2.45, 2.75) is 38.3 Å². The molecule has 0 saturated heterocycles. The number of rotatable bonds is 5. The van der Waals surface area contributed by atoms with Crippen LogP contribution in [0.1, 0.15) is 25.7 Å². The van der Waals surface area contributed by atoms with Crippen LogP contribution in [-0.4, -0.2) is 35.3 Å². The first kappa shape index (κ1) is 13.1. The van der Waals surface area contributed by atoms with Crippen molar-refractivity contribution in [2.24, 2.45) is 5.92 Å². The Balaban J connectivity index is 1.63. The van der Waals surface area contributed by atoms with E-state index in [1.807, 2.05) is 10.8 Å². The third-order valence-electron chi connectivity index (χ3n) is 3.47. The first-order valence-electron chi connectivity index (χ1n) is 6.44. The Kier molecular flexibility index (Phi) is 4.75. The fourth-order valence-electron chi connectivity index (χ4n) is 2.38. The summed E-state index contributed by atoms with van der Waals surface area (Å²) in [7, 11) is 1.45. The van der Waals surface area contributed by atoms with E-state index < -0.39 is 0 Å². The average molecular weight is 252 g/mol. The lowest BCUT2D eigenvalue weighted by atomic mass is 9.87. The zero-order valence-electron chi connectivity index (χ0n) is 10.7. The van der Waals surface area contributed by atoms with Crippen LogP contribution in [-0.2, 0) is 20.8 Å². The van der Waals surface area contributed by atoms with Gasteiger partial charge in [0.2, 0.25) is 0 Å². The van der Waals surface area contributed by atoms with Crippen LogP contribution in [0.25, 0.3) is 0 Å². The molecule has 1 aliphatic rings. The standard InChI is InChI=1S/C13H20N2O3/c1-17-13(16)11-2-4-12(5-3-11)18-9-8-15-7-6-14-10-15/h6-7,10-12H,2-5,8-9H2,1H3. The lowest BCUT2D eigenvalue weighted by Gasteiger charge is -2.27. The van der Waals surface area contributed by atoms with Crippen molar-refractivity contribution in [1.29, 1.82) is 0 Å². The van der Waals surface area contributed by atoms with Crippen LogP contribution in [0.4, 0.5) is 0 Å². The van der Waals surface area contributed by atoms with Gasteiger partial charge in [-0.25, -0.2) is 4.98 Å². The molecule has 1 fully saturated rings. The molecule has 1 aromatic rings. The van der Waals surface area contributed by atoms with Gasteiger partial charge in [-0.15, -0.1) is 0 Å². The number of imidazole rings is 1. The molecule has 5 nitrogen and oxygen atoms in total. The molecule has 100 valence electrons. The number of esters is 1. The van der Waals surface area contributed by atoms with Crippen molar-refractivity contribution in [3.8, 4) is 0 Å². The number of aromatic nitrogens is 2. The first-order chi connectivity index (χ1) is 8.79. The second-order valence-corrected chi connectivity index (χ2v) is 4.67. The number of carbonyl (C=O) groups excluding carboxylic acids is 1. The summed E-state index contributed by atoms with van der Waals surface area (Å²) in [6, 6.07) is 0. The Bertz CT molecular complexity index is 356. The van der Waals surface area contributed by atoms with Gasteiger partial charge in [0.25, 0.3) is 0 Å². The van der Waals surface area contributed by atoms with Crippen molar-refractivity contribution in [1.82, 2.24) is 9.55 Å². The van der Waals surface area contributed by atoms with Crippen LogP contribution in [0.5, 0.6) is 0 Å². The quantitative estimate of drug-likeness (QED) is 0.747. The third-order valence-corrected chi connectivity index (χ3v) is 3.47. The summed E-state index contributed by atoms with van der Waals surface area (Å²) in [6.45, 7) is 1.53. The van der Waals surface area contributed by atoms with Crippen LogP contribution in [0.15, 0.2) is 18.7 Å². The van der Waals surface area contributed by atoms with E-state index in [0.717, 1.165) is 32.2 Å². The number of ether oxygens (including phenoxy) is 2. The molecule has 0 amide bonds. The Hall–Kier alpha value is -1.36. The van der Waals surface area contributed by atoms with Gasteiger partial charge in [0, 0.05) is 18.9 Å². The predicted molar refractivity (Wildman–Crippen MR) is 65.9 cm³/mol. The number of nitrogens with zero attached hydrogens (tertiary/aromatic N) is 2. The maximum Gasteiger partial charge on any atom is 0.308 e. The van der Waals surface area contributed by atoms with Gasteiger partial charge < -0.3 is 14.0 Å². The second-order valence-electron chi connectivity index (χ2n) is 4.67. The minimum Gasteiger partial charge on any atom is -0.469 e. The Morgan fingerprint density at radius 2 is 2.17 bits per heavy atom. The van der Waals surface area contributed by atoms with Crippen molar-refractivity contribution in [3.05, 3.63) is 18.7 Å². The zero-order valence-corrected chi connectivity index (χ0v) is 10.7. The normalized spacial score (nSPS) is 23.8. The number of methoxy groups -OCH3 is 1. The van der Waals surface area contributed by atoms with E-state index in [2.05, 4.69) is 4.98 Å². The van der Waals surface area contributed by atoms with Crippen LogP contribution in [0, 0.1) is 5.92 Å². The van der Waals surface area contributed by atoms with Crippen molar-refractivity contribution in [3.63, 3.8) is 0 Å². The molecule has 0 aromatic carbocycles. The summed E-state index contributed by atoms with van der Waals surface area (Å²) in [5, 5.41) is 0. The lowest BCUT2D eigenvalue weighted by molar-refractivity contribution is -0.147. The van der Waals surface area contributed by atoms with Gasteiger partial charge in [-0.2, -0.15) is 0 Å². The average Bonchev–Trinajstić information content (AvgIpc) is 2.92. The van der Waals surface area contributed by atoms with Crippen LogP contribution in [0.2, 0.25) is 0 Å². The third kappa shape index (κ3) is 3.57. The molecule has 1 heterocycles. The lowest BCUT2D eigenvalue weighted by Crippen LogP contribution is -2.27. The van der Waals surface area contributed by atoms with Gasteiger partial charge >= 0.3 is 5.97 Å². The van der Waals surface area contributed by atoms with E-state index in [1.165, 1.54) is 7.11 Å². The molecular weight excluding hydrogens is 232 g/mol. The van der Waals surface area contributed by atoms with E-state index in [-0.39, 0.29) is 18.0 Å². The summed E-state index contributed by atoms with van der Waals surface area (Å²) in [5.41, 5.74) is 0. The molecule has 0 N–H and O–H groups in total. The van der Waals surface area contributed by atoms with E-state index in [0.29, 0.717) is 6.61 Å². The largest absolute Gasteiger partial charge is 0.469 e. The Morgan fingerprint density at radius 3 is 2.78 bits per heavy atom. The highest BCUT2D eigenvalue weighted by Gasteiger charge is 2.27. The van der Waals surface area contributed by atoms with Crippen molar-refractivity contribution < 1.29 is 14.3 Å². The van der Waals surface area contributed by atoms with E-state index in [1.54, 1.807) is 12.5 Å². The molecular formula is C13H20N2O3. The molecule has 0 unspecified atom stereocenters. The highest BCUT2D eigenvalue weighted by Crippen LogP contribution is 2.26. The molecule has 5 heteroatoms. The van der Waals surface area contributed by atoms with E-state index in [4.69, 9.17) is 9.47 Å². The maximum absolute atomic E-state index is 11.4. The molecule has 1 aliphatic carbocycles. The van der Waals surface area contributed by atoms with Gasteiger partial charge in [-0.1, -0.05) is 0 Å². The van der Waals surface area contributed by atoms with E-state index in [9.17, 15) is 4.79 Å². The topological polar surface area (TPSA) is 53.4 Å². The van der Waals surface area contributed by atoms with E-state index >= 15 is 0 Å². The van der Waals surface area contributed by atoms with Crippen LogP contribution >= 0.6 is 0 Å². The minimum absolute atomic E-state index is 0.0727. The van der Waals surface area contributed by atoms with Gasteiger partial charge in [0.1, 0.15) is 0 Å². The molecule has 2 rings (SSSR count). The monoisotopic (exact) mass is 252 g/mol. The second kappa shape index (κ2) is 6.54. The van der Waals surface area contributed by atoms with Gasteiger partial charge in [0.15, 0.2) is 0 Å². The first-order valence-corrected chi connectivity index (χ1v) is 6.44. The summed E-state index contributed by atoms with van der Waals surface area (Å²) in [6.07, 6.45) is 9.42. The summed E-state index contributed by atoms with van der Waals surface area (Å²) < 4.78 is 12.6. The summed E-state index contributed by atoms with van der Waals surface area (Å²) in [4.78, 5) is 15.4. The fraction of sp³-hybridized carbons (Fsp3) is 0.692.